The molecule has 0 spiro atoms. The highest BCUT2D eigenvalue weighted by molar-refractivity contribution is 5.86. The molecule has 0 amide bonds. The number of aliphatic imine (C=N–C) groups is 1. The Kier molecular flexibility index (Phi) is 6.12. The summed E-state index contributed by atoms with van der Waals surface area (Å²) in [6.45, 7) is 15.3. The van der Waals surface area contributed by atoms with Gasteiger partial charge in [-0.25, -0.2) is 0 Å². The molecule has 0 bridgehead atoms. The van der Waals surface area contributed by atoms with Crippen LogP contribution >= 0.6 is 0 Å². The van der Waals surface area contributed by atoms with Gasteiger partial charge in [0.15, 0.2) is 0 Å². The zero-order valence-corrected chi connectivity index (χ0v) is 18.2. The van der Waals surface area contributed by atoms with Crippen molar-refractivity contribution in [2.24, 2.45) is 4.99 Å². The molecule has 0 radical (unpaired) electrons. The van der Waals surface area contributed by atoms with E-state index in [9.17, 15) is 0 Å². The summed E-state index contributed by atoms with van der Waals surface area (Å²) in [4.78, 5) is 7.35. The summed E-state index contributed by atoms with van der Waals surface area (Å²) in [7, 11) is 0. The molecule has 1 aliphatic heterocycles. The van der Waals surface area contributed by atoms with E-state index < -0.39 is 0 Å². The number of anilines is 1. The fourth-order valence-corrected chi connectivity index (χ4v) is 4.42. The van der Waals surface area contributed by atoms with Crippen LogP contribution in [0, 0.1) is 6.92 Å². The van der Waals surface area contributed by atoms with Crippen molar-refractivity contribution >= 4 is 17.6 Å². The summed E-state index contributed by atoms with van der Waals surface area (Å²) in [5.74, 6) is 1.38. The lowest BCUT2D eigenvalue weighted by atomic mass is 9.79. The lowest BCUT2D eigenvalue weighted by Crippen LogP contribution is -2.48. The van der Waals surface area contributed by atoms with Crippen LogP contribution in [0.25, 0.3) is 0 Å². The molecule has 150 valence electrons. The van der Waals surface area contributed by atoms with E-state index in [-0.39, 0.29) is 5.54 Å². The average molecular weight is 379 g/mol. The molecule has 0 N–H and O–H groups in total. The zero-order chi connectivity index (χ0) is 20.3. The number of benzene rings is 2. The highest BCUT2D eigenvalue weighted by atomic mass is 16.5. The van der Waals surface area contributed by atoms with Gasteiger partial charge in [-0.3, -0.25) is 4.99 Å². The summed E-state index contributed by atoms with van der Waals surface area (Å²) < 4.78 is 5.71. The van der Waals surface area contributed by atoms with Gasteiger partial charge >= 0.3 is 0 Å². The van der Waals surface area contributed by atoms with Crippen LogP contribution < -0.4 is 9.64 Å². The Hall–Kier alpha value is -2.29. The molecule has 3 rings (SSSR count). The van der Waals surface area contributed by atoms with Gasteiger partial charge in [0.2, 0.25) is 0 Å². The molecular formula is C25H34N2O. The first-order valence-electron chi connectivity index (χ1n) is 10.6. The van der Waals surface area contributed by atoms with Gasteiger partial charge in [0.05, 0.1) is 6.61 Å². The van der Waals surface area contributed by atoms with Crippen LogP contribution in [0.2, 0.25) is 0 Å². The van der Waals surface area contributed by atoms with Gasteiger partial charge in [-0.15, -0.1) is 0 Å². The largest absolute Gasteiger partial charge is 0.492 e. The van der Waals surface area contributed by atoms with Crippen molar-refractivity contribution < 1.29 is 4.74 Å². The van der Waals surface area contributed by atoms with Crippen LogP contribution in [0.5, 0.6) is 5.75 Å². The number of aryl methyl sites for hydroxylation is 1. The normalized spacial score (nSPS) is 18.4. The maximum atomic E-state index is 5.71. The van der Waals surface area contributed by atoms with Crippen LogP contribution in [0.4, 0.5) is 11.4 Å². The Morgan fingerprint density at radius 1 is 1.21 bits per heavy atom. The number of hydrogen-bond acceptors (Lipinski definition) is 3. The topological polar surface area (TPSA) is 24.8 Å². The number of nitrogens with zero attached hydrogens (tertiary/aromatic N) is 2. The first kappa shape index (κ1) is 20.4. The van der Waals surface area contributed by atoms with Crippen molar-refractivity contribution in [3.8, 4) is 5.75 Å². The summed E-state index contributed by atoms with van der Waals surface area (Å²) >= 11 is 0. The molecule has 3 heteroatoms. The Labute approximate surface area is 170 Å². The Bertz CT molecular complexity index is 854. The Morgan fingerprint density at radius 3 is 2.68 bits per heavy atom. The number of ether oxygens (including phenoxy) is 1. The molecule has 1 heterocycles. The fourth-order valence-electron chi connectivity index (χ4n) is 4.42. The molecule has 3 nitrogen and oxygen atoms in total. The van der Waals surface area contributed by atoms with Crippen LogP contribution in [-0.4, -0.2) is 24.9 Å². The van der Waals surface area contributed by atoms with E-state index in [0.29, 0.717) is 12.5 Å². The van der Waals surface area contributed by atoms with Gasteiger partial charge in [-0.1, -0.05) is 26.0 Å². The molecule has 2 aromatic carbocycles. The number of fused-ring (bicyclic) bond motifs is 1. The van der Waals surface area contributed by atoms with E-state index in [1.165, 1.54) is 28.8 Å². The molecule has 1 aliphatic rings. The number of hydrogen-bond donors (Lipinski definition) is 0. The van der Waals surface area contributed by atoms with Crippen molar-refractivity contribution in [2.45, 2.75) is 65.8 Å². The zero-order valence-electron chi connectivity index (χ0n) is 18.2. The predicted molar refractivity (Wildman–Crippen MR) is 121 cm³/mol. The monoisotopic (exact) mass is 378 g/mol. The first-order chi connectivity index (χ1) is 13.4. The van der Waals surface area contributed by atoms with Crippen molar-refractivity contribution in [3.05, 3.63) is 53.1 Å². The van der Waals surface area contributed by atoms with E-state index in [4.69, 9.17) is 9.73 Å². The van der Waals surface area contributed by atoms with Crippen molar-refractivity contribution in [1.29, 1.82) is 0 Å². The third-order valence-electron chi connectivity index (χ3n) is 5.73. The minimum Gasteiger partial charge on any atom is -0.492 e. The van der Waals surface area contributed by atoms with Gasteiger partial charge in [-0.05, 0) is 87.4 Å². The maximum absolute atomic E-state index is 5.71. The molecular weight excluding hydrogens is 344 g/mol. The average Bonchev–Trinajstić information content (AvgIpc) is 2.64. The van der Waals surface area contributed by atoms with Gasteiger partial charge in [0.1, 0.15) is 11.4 Å². The van der Waals surface area contributed by atoms with Crippen molar-refractivity contribution in [3.63, 3.8) is 0 Å². The lowest BCUT2D eigenvalue weighted by molar-refractivity contribution is 0.341. The Morgan fingerprint density at radius 2 is 1.96 bits per heavy atom. The van der Waals surface area contributed by atoms with E-state index in [0.717, 1.165) is 24.4 Å². The molecule has 0 aromatic heterocycles. The summed E-state index contributed by atoms with van der Waals surface area (Å²) in [6, 6.07) is 12.7. The standard InChI is InChI=1S/C25H34N2O/c1-7-13-27-23-14-18(3)20(15-21(23)19(4)16-25(27,5)6)17-26-22-11-9-10-12-24(22)28-8-2/h9-12,14-15,17,19H,7-8,13,16H2,1-6H3. The summed E-state index contributed by atoms with van der Waals surface area (Å²) in [6.07, 6.45) is 4.32. The second-order valence-corrected chi connectivity index (χ2v) is 8.50. The SMILES string of the molecule is CCCN1c2cc(C)c(C=Nc3ccccc3OCC)cc2C(C)CC1(C)C. The molecule has 1 unspecified atom stereocenters. The van der Waals surface area contributed by atoms with Gasteiger partial charge in [0.25, 0.3) is 0 Å². The highest BCUT2D eigenvalue weighted by Crippen LogP contribution is 2.44. The van der Waals surface area contributed by atoms with Crippen molar-refractivity contribution in [1.82, 2.24) is 0 Å². The summed E-state index contributed by atoms with van der Waals surface area (Å²) in [5, 5.41) is 0. The smallest absolute Gasteiger partial charge is 0.144 e. The molecule has 28 heavy (non-hydrogen) atoms. The minimum atomic E-state index is 0.195. The van der Waals surface area contributed by atoms with E-state index in [1.807, 2.05) is 37.4 Å². The molecule has 1 atom stereocenters. The highest BCUT2D eigenvalue weighted by Gasteiger charge is 2.36. The molecule has 2 aromatic rings. The van der Waals surface area contributed by atoms with E-state index in [1.54, 1.807) is 0 Å². The Balaban J connectivity index is 1.99. The van der Waals surface area contributed by atoms with Gasteiger partial charge in [-0.2, -0.15) is 0 Å². The second kappa shape index (κ2) is 8.38. The van der Waals surface area contributed by atoms with Crippen LogP contribution in [0.15, 0.2) is 41.4 Å². The number of para-hydroxylation sites is 2. The first-order valence-corrected chi connectivity index (χ1v) is 10.6. The van der Waals surface area contributed by atoms with E-state index >= 15 is 0 Å². The van der Waals surface area contributed by atoms with Crippen LogP contribution in [0.3, 0.4) is 0 Å². The maximum Gasteiger partial charge on any atom is 0.144 e. The fraction of sp³-hybridized carbons (Fsp3) is 0.480. The second-order valence-electron chi connectivity index (χ2n) is 8.50. The third kappa shape index (κ3) is 4.09. The van der Waals surface area contributed by atoms with Gasteiger partial charge in [0, 0.05) is 24.0 Å². The summed E-state index contributed by atoms with van der Waals surface area (Å²) in [5.41, 5.74) is 6.37. The van der Waals surface area contributed by atoms with Crippen LogP contribution in [0.1, 0.15) is 70.1 Å². The quantitative estimate of drug-likeness (QED) is 0.526. The number of rotatable bonds is 6. The molecule has 0 saturated carbocycles. The van der Waals surface area contributed by atoms with Crippen molar-refractivity contribution in [2.75, 3.05) is 18.1 Å². The predicted octanol–water partition coefficient (Wildman–Crippen LogP) is 6.65. The minimum absolute atomic E-state index is 0.195. The lowest BCUT2D eigenvalue weighted by Gasteiger charge is -2.48. The molecule has 0 fully saturated rings. The molecule has 0 saturated heterocycles. The molecule has 0 aliphatic carbocycles. The van der Waals surface area contributed by atoms with Gasteiger partial charge < -0.3 is 9.64 Å². The van der Waals surface area contributed by atoms with Crippen LogP contribution in [-0.2, 0) is 0 Å². The third-order valence-corrected chi connectivity index (χ3v) is 5.73. The van der Waals surface area contributed by atoms with E-state index in [2.05, 4.69) is 51.7 Å².